The van der Waals surface area contributed by atoms with Crippen LogP contribution in [-0.4, -0.2) is 49.6 Å². The molecule has 138 valence electrons. The number of piperidine rings is 1. The first kappa shape index (κ1) is 19.7. The zero-order valence-corrected chi connectivity index (χ0v) is 15.6. The minimum absolute atomic E-state index is 0.0902. The fraction of sp³-hybridized carbons (Fsp3) is 0.533. The number of thioether (sulfide) groups is 1. The van der Waals surface area contributed by atoms with Crippen molar-refractivity contribution in [2.45, 2.75) is 29.6 Å². The predicted molar refractivity (Wildman–Crippen MR) is 93.0 cm³/mol. The Morgan fingerprint density at radius 2 is 2.20 bits per heavy atom. The summed E-state index contributed by atoms with van der Waals surface area (Å²) < 4.78 is 31.4. The number of sulfonamides is 1. The molecule has 25 heavy (non-hydrogen) atoms. The number of ether oxygens (including phenoxy) is 1. The first-order valence-electron chi connectivity index (χ1n) is 7.74. The Morgan fingerprint density at radius 3 is 2.80 bits per heavy atom. The minimum Gasteiger partial charge on any atom is -0.468 e. The van der Waals surface area contributed by atoms with Crippen LogP contribution in [0.1, 0.15) is 19.8 Å². The fourth-order valence-corrected chi connectivity index (χ4v) is 5.09. The molecule has 1 atom stereocenters. The Balaban J connectivity index is 2.31. The molecular weight excluding hydrogens is 368 g/mol. The largest absolute Gasteiger partial charge is 0.468 e. The molecule has 0 aliphatic carbocycles. The smallest absolute Gasteiger partial charge is 0.315 e. The summed E-state index contributed by atoms with van der Waals surface area (Å²) in [6.07, 6.45) is 1.74. The second kappa shape index (κ2) is 8.15. The molecule has 1 aromatic rings. The van der Waals surface area contributed by atoms with Crippen LogP contribution >= 0.6 is 11.8 Å². The Hall–Kier alpha value is -1.65. The number of methoxy groups -OCH3 is 1. The molecule has 1 fully saturated rings. The van der Waals surface area contributed by atoms with E-state index < -0.39 is 20.9 Å². The van der Waals surface area contributed by atoms with Gasteiger partial charge in [-0.25, -0.2) is 8.42 Å². The molecule has 1 aliphatic rings. The number of carbonyl (C=O) groups excluding carboxylic acids is 1. The Bertz CT molecular complexity index is 765. The number of rotatable bonds is 6. The Kier molecular flexibility index (Phi) is 6.42. The highest BCUT2D eigenvalue weighted by Crippen LogP contribution is 2.33. The van der Waals surface area contributed by atoms with Crippen molar-refractivity contribution in [3.63, 3.8) is 0 Å². The van der Waals surface area contributed by atoms with Gasteiger partial charge in [-0.1, -0.05) is 6.92 Å². The van der Waals surface area contributed by atoms with E-state index in [-0.39, 0.29) is 27.1 Å². The molecule has 0 amide bonds. The van der Waals surface area contributed by atoms with E-state index >= 15 is 0 Å². The molecule has 1 aromatic carbocycles. The van der Waals surface area contributed by atoms with Crippen LogP contribution in [0.4, 0.5) is 5.69 Å². The molecule has 0 radical (unpaired) electrons. The SMILES string of the molecule is COC(=O)CSc1ccc(S(=O)(=O)N2CCC[C@@H](C)C2)cc1[N+](=O)[O-]. The van der Waals surface area contributed by atoms with Crippen molar-refractivity contribution in [3.8, 4) is 0 Å². The molecule has 0 bridgehead atoms. The third-order valence-electron chi connectivity index (χ3n) is 3.96. The molecule has 0 unspecified atom stereocenters. The number of esters is 1. The Labute approximate surface area is 150 Å². The maximum absolute atomic E-state index is 12.8. The van der Waals surface area contributed by atoms with E-state index in [0.29, 0.717) is 13.1 Å². The average molecular weight is 388 g/mol. The molecule has 1 heterocycles. The van der Waals surface area contributed by atoms with Crippen LogP contribution in [0.15, 0.2) is 28.0 Å². The highest BCUT2D eigenvalue weighted by molar-refractivity contribution is 8.00. The number of hydrogen-bond acceptors (Lipinski definition) is 7. The van der Waals surface area contributed by atoms with E-state index in [0.717, 1.165) is 30.7 Å². The third kappa shape index (κ3) is 4.71. The molecular formula is C15H20N2O6S2. The number of carbonyl (C=O) groups is 1. The van der Waals surface area contributed by atoms with Gasteiger partial charge in [-0.2, -0.15) is 4.31 Å². The van der Waals surface area contributed by atoms with Crippen molar-refractivity contribution in [3.05, 3.63) is 28.3 Å². The lowest BCUT2D eigenvalue weighted by Crippen LogP contribution is -2.39. The van der Waals surface area contributed by atoms with Crippen molar-refractivity contribution in [2.24, 2.45) is 5.92 Å². The first-order valence-corrected chi connectivity index (χ1v) is 10.2. The van der Waals surface area contributed by atoms with Gasteiger partial charge in [-0.05, 0) is 30.9 Å². The maximum atomic E-state index is 12.8. The summed E-state index contributed by atoms with van der Waals surface area (Å²) in [5.41, 5.74) is -0.333. The van der Waals surface area contributed by atoms with Crippen molar-refractivity contribution in [1.82, 2.24) is 4.31 Å². The van der Waals surface area contributed by atoms with Gasteiger partial charge in [0.15, 0.2) is 0 Å². The molecule has 0 aromatic heterocycles. The van der Waals surface area contributed by atoms with E-state index in [1.807, 2.05) is 6.92 Å². The van der Waals surface area contributed by atoms with Crippen molar-refractivity contribution in [1.29, 1.82) is 0 Å². The van der Waals surface area contributed by atoms with Gasteiger partial charge >= 0.3 is 5.97 Å². The van der Waals surface area contributed by atoms with Crippen LogP contribution < -0.4 is 0 Å². The van der Waals surface area contributed by atoms with Gasteiger partial charge < -0.3 is 4.74 Å². The molecule has 8 nitrogen and oxygen atoms in total. The van der Waals surface area contributed by atoms with Gasteiger partial charge in [0.1, 0.15) is 0 Å². The molecule has 10 heteroatoms. The lowest BCUT2D eigenvalue weighted by Gasteiger charge is -2.30. The second-order valence-corrected chi connectivity index (χ2v) is 8.82. The summed E-state index contributed by atoms with van der Waals surface area (Å²) in [4.78, 5) is 22.0. The van der Waals surface area contributed by atoms with E-state index in [1.54, 1.807) is 0 Å². The summed E-state index contributed by atoms with van der Waals surface area (Å²) in [7, 11) is -2.55. The monoisotopic (exact) mass is 388 g/mol. The van der Waals surface area contributed by atoms with E-state index in [2.05, 4.69) is 4.74 Å². The highest BCUT2D eigenvalue weighted by atomic mass is 32.2. The summed E-state index contributed by atoms with van der Waals surface area (Å²) in [5, 5.41) is 11.3. The summed E-state index contributed by atoms with van der Waals surface area (Å²) >= 11 is 0.939. The number of benzene rings is 1. The Morgan fingerprint density at radius 1 is 1.48 bits per heavy atom. The van der Waals surface area contributed by atoms with E-state index in [1.165, 1.54) is 23.5 Å². The van der Waals surface area contributed by atoms with Crippen LogP contribution in [0.3, 0.4) is 0 Å². The maximum Gasteiger partial charge on any atom is 0.315 e. The molecule has 1 saturated heterocycles. The van der Waals surface area contributed by atoms with Crippen LogP contribution in [-0.2, 0) is 19.6 Å². The van der Waals surface area contributed by atoms with Gasteiger partial charge in [0.05, 0.1) is 27.6 Å². The van der Waals surface area contributed by atoms with Gasteiger partial charge in [0.25, 0.3) is 5.69 Å². The number of nitrogens with zero attached hydrogens (tertiary/aromatic N) is 2. The molecule has 0 N–H and O–H groups in total. The minimum atomic E-state index is -3.78. The van der Waals surface area contributed by atoms with E-state index in [4.69, 9.17) is 0 Å². The van der Waals surface area contributed by atoms with Gasteiger partial charge in [0.2, 0.25) is 10.0 Å². The van der Waals surface area contributed by atoms with Gasteiger partial charge in [-0.3, -0.25) is 14.9 Å². The highest BCUT2D eigenvalue weighted by Gasteiger charge is 2.30. The van der Waals surface area contributed by atoms with Crippen molar-refractivity contribution in [2.75, 3.05) is 26.0 Å². The van der Waals surface area contributed by atoms with Crippen LogP contribution in [0.2, 0.25) is 0 Å². The summed E-state index contributed by atoms with van der Waals surface area (Å²) in [5.74, 6) is -0.348. The predicted octanol–water partition coefficient (Wildman–Crippen LogP) is 2.28. The van der Waals surface area contributed by atoms with Crippen molar-refractivity contribution >= 4 is 33.4 Å². The topological polar surface area (TPSA) is 107 Å². The average Bonchev–Trinajstić information content (AvgIpc) is 2.59. The summed E-state index contributed by atoms with van der Waals surface area (Å²) in [6, 6.07) is 3.78. The number of nitro benzene ring substituents is 1. The quantitative estimate of drug-likeness (QED) is 0.318. The van der Waals surface area contributed by atoms with E-state index in [9.17, 15) is 23.3 Å². The normalized spacial score (nSPS) is 18.7. The number of hydrogen-bond donors (Lipinski definition) is 0. The third-order valence-corrected chi connectivity index (χ3v) is 6.86. The van der Waals surface area contributed by atoms with Gasteiger partial charge in [-0.15, -0.1) is 11.8 Å². The zero-order valence-electron chi connectivity index (χ0n) is 14.0. The van der Waals surface area contributed by atoms with Crippen LogP contribution in [0, 0.1) is 16.0 Å². The molecule has 2 rings (SSSR count). The zero-order chi connectivity index (χ0) is 18.6. The number of nitro groups is 1. The first-order chi connectivity index (χ1) is 11.8. The van der Waals surface area contributed by atoms with Crippen LogP contribution in [0.25, 0.3) is 0 Å². The van der Waals surface area contributed by atoms with Crippen molar-refractivity contribution < 1.29 is 22.9 Å². The molecule has 1 aliphatic heterocycles. The summed E-state index contributed by atoms with van der Waals surface area (Å²) in [6.45, 7) is 2.81. The lowest BCUT2D eigenvalue weighted by molar-refractivity contribution is -0.388. The molecule has 0 saturated carbocycles. The molecule has 0 spiro atoms. The van der Waals surface area contributed by atoms with Gasteiger partial charge in [0, 0.05) is 19.2 Å². The lowest BCUT2D eigenvalue weighted by atomic mass is 10.0. The standard InChI is InChI=1S/C15H20N2O6S2/c1-11-4-3-7-16(9-11)25(21,22)12-5-6-14(13(8-12)17(19)20)24-10-15(18)23-2/h5-6,8,11H,3-4,7,9-10H2,1-2H3/t11-/m1/s1. The second-order valence-electron chi connectivity index (χ2n) is 5.86. The fourth-order valence-electron chi connectivity index (χ4n) is 2.63. The van der Waals surface area contributed by atoms with Crippen LogP contribution in [0.5, 0.6) is 0 Å².